The lowest BCUT2D eigenvalue weighted by molar-refractivity contribution is 0.151. The summed E-state index contributed by atoms with van der Waals surface area (Å²) >= 11 is 0. The number of rotatable bonds is 3. The molecule has 0 fully saturated rings. The molecule has 17 heavy (non-hydrogen) atoms. The average molecular weight is 240 g/mol. The van der Waals surface area contributed by atoms with Gasteiger partial charge in [0, 0.05) is 11.1 Å². The van der Waals surface area contributed by atoms with E-state index in [0.29, 0.717) is 16.9 Å². The first-order chi connectivity index (χ1) is 8.13. The summed E-state index contributed by atoms with van der Waals surface area (Å²) in [7, 11) is 1.40. The summed E-state index contributed by atoms with van der Waals surface area (Å²) in [6.45, 7) is 0. The van der Waals surface area contributed by atoms with Crippen LogP contribution >= 0.6 is 0 Å². The largest absolute Gasteiger partial charge is 0.496 e. The van der Waals surface area contributed by atoms with Crippen molar-refractivity contribution < 1.29 is 18.0 Å². The van der Waals surface area contributed by atoms with Crippen LogP contribution in [0.15, 0.2) is 28.9 Å². The highest BCUT2D eigenvalue weighted by Gasteiger charge is 2.15. The van der Waals surface area contributed by atoms with E-state index in [-0.39, 0.29) is 11.4 Å². The number of ether oxygens (including phenoxy) is 1. The number of anilines is 1. The van der Waals surface area contributed by atoms with Crippen molar-refractivity contribution in [2.45, 2.75) is 6.43 Å². The Morgan fingerprint density at radius 3 is 2.65 bits per heavy atom. The topological polar surface area (TPSA) is 61.3 Å². The van der Waals surface area contributed by atoms with Gasteiger partial charge in [0.25, 0.3) is 6.43 Å². The number of aromatic nitrogens is 1. The molecule has 0 atom stereocenters. The third-order valence-corrected chi connectivity index (χ3v) is 2.37. The molecule has 1 aromatic heterocycles. The standard InChI is InChI=1S/C11H10F2N2O2/c1-16-9-4-6(10(12)13)2-3-7(9)8-5-15-17-11(8)14/h2-5,10H,14H2,1H3. The summed E-state index contributed by atoms with van der Waals surface area (Å²) in [6.07, 6.45) is -1.13. The van der Waals surface area contributed by atoms with Crippen LogP contribution in [0, 0.1) is 0 Å². The molecule has 0 unspecified atom stereocenters. The first kappa shape index (κ1) is 11.4. The number of nitrogen functional groups attached to an aromatic ring is 1. The van der Waals surface area contributed by atoms with Crippen molar-refractivity contribution >= 4 is 5.88 Å². The number of hydrogen-bond donors (Lipinski definition) is 1. The quantitative estimate of drug-likeness (QED) is 0.896. The fourth-order valence-electron chi connectivity index (χ4n) is 1.52. The minimum Gasteiger partial charge on any atom is -0.496 e. The number of hydrogen-bond acceptors (Lipinski definition) is 4. The van der Waals surface area contributed by atoms with Gasteiger partial charge in [-0.3, -0.25) is 0 Å². The van der Waals surface area contributed by atoms with Gasteiger partial charge in [-0.1, -0.05) is 11.2 Å². The summed E-state index contributed by atoms with van der Waals surface area (Å²) in [5.41, 5.74) is 6.53. The molecule has 0 saturated carbocycles. The number of halogens is 2. The zero-order valence-corrected chi connectivity index (χ0v) is 8.98. The van der Waals surface area contributed by atoms with E-state index < -0.39 is 6.43 Å². The molecule has 0 saturated heterocycles. The monoisotopic (exact) mass is 240 g/mol. The van der Waals surface area contributed by atoms with Gasteiger partial charge in [-0.25, -0.2) is 8.78 Å². The average Bonchev–Trinajstić information content (AvgIpc) is 2.74. The number of nitrogens with two attached hydrogens (primary N) is 1. The lowest BCUT2D eigenvalue weighted by Crippen LogP contribution is -1.93. The summed E-state index contributed by atoms with van der Waals surface area (Å²) in [6, 6.07) is 4.09. The Labute approximate surface area is 96.0 Å². The number of benzene rings is 1. The van der Waals surface area contributed by atoms with Crippen molar-refractivity contribution in [3.8, 4) is 16.9 Å². The van der Waals surface area contributed by atoms with Gasteiger partial charge in [0.2, 0.25) is 5.88 Å². The van der Waals surface area contributed by atoms with Crippen LogP contribution in [0.4, 0.5) is 14.7 Å². The highest BCUT2D eigenvalue weighted by atomic mass is 19.3. The van der Waals surface area contributed by atoms with Crippen LogP contribution in [0.1, 0.15) is 12.0 Å². The summed E-state index contributed by atoms with van der Waals surface area (Å²) in [4.78, 5) is 0. The second kappa shape index (κ2) is 4.40. The third kappa shape index (κ3) is 2.06. The van der Waals surface area contributed by atoms with Crippen LogP contribution < -0.4 is 10.5 Å². The molecular formula is C11H10F2N2O2. The van der Waals surface area contributed by atoms with E-state index in [1.807, 2.05) is 0 Å². The summed E-state index contributed by atoms with van der Waals surface area (Å²) < 4.78 is 34.8. The van der Waals surface area contributed by atoms with E-state index >= 15 is 0 Å². The van der Waals surface area contributed by atoms with E-state index in [9.17, 15) is 8.78 Å². The molecule has 1 heterocycles. The molecule has 0 aliphatic carbocycles. The van der Waals surface area contributed by atoms with Crippen molar-refractivity contribution in [1.29, 1.82) is 0 Å². The Kier molecular flexibility index (Phi) is 2.95. The Balaban J connectivity index is 2.52. The molecular weight excluding hydrogens is 230 g/mol. The predicted molar refractivity (Wildman–Crippen MR) is 57.9 cm³/mol. The van der Waals surface area contributed by atoms with Crippen LogP contribution in [0.3, 0.4) is 0 Å². The maximum absolute atomic E-state index is 12.5. The highest BCUT2D eigenvalue weighted by Crippen LogP contribution is 2.36. The van der Waals surface area contributed by atoms with E-state index in [1.165, 1.54) is 31.5 Å². The molecule has 0 spiro atoms. The van der Waals surface area contributed by atoms with Crippen LogP contribution in [0.25, 0.3) is 11.1 Å². The molecule has 0 aliphatic rings. The van der Waals surface area contributed by atoms with Crippen LogP contribution in [-0.2, 0) is 0 Å². The van der Waals surface area contributed by atoms with E-state index in [4.69, 9.17) is 15.0 Å². The molecule has 2 aromatic rings. The molecule has 1 aromatic carbocycles. The highest BCUT2D eigenvalue weighted by molar-refractivity contribution is 5.77. The Morgan fingerprint density at radius 1 is 1.35 bits per heavy atom. The predicted octanol–water partition coefficient (Wildman–Crippen LogP) is 2.87. The van der Waals surface area contributed by atoms with Gasteiger partial charge in [0.15, 0.2) is 0 Å². The number of methoxy groups -OCH3 is 1. The van der Waals surface area contributed by atoms with Gasteiger partial charge in [-0.2, -0.15) is 0 Å². The molecule has 6 heteroatoms. The Hall–Kier alpha value is -2.11. The minimum atomic E-state index is -2.54. The van der Waals surface area contributed by atoms with Gasteiger partial charge in [0.05, 0.1) is 18.9 Å². The van der Waals surface area contributed by atoms with Crippen LogP contribution in [0.2, 0.25) is 0 Å². The SMILES string of the molecule is COc1cc(C(F)F)ccc1-c1cnoc1N. The summed E-state index contributed by atoms with van der Waals surface area (Å²) in [5.74, 6) is 0.422. The molecule has 0 radical (unpaired) electrons. The van der Waals surface area contributed by atoms with Crippen molar-refractivity contribution in [2.75, 3.05) is 12.8 Å². The molecule has 4 nitrogen and oxygen atoms in total. The maximum atomic E-state index is 12.5. The van der Waals surface area contributed by atoms with Crippen molar-refractivity contribution in [3.05, 3.63) is 30.0 Å². The van der Waals surface area contributed by atoms with Crippen molar-refractivity contribution in [2.24, 2.45) is 0 Å². The molecule has 0 bridgehead atoms. The molecule has 0 amide bonds. The van der Waals surface area contributed by atoms with Crippen molar-refractivity contribution in [1.82, 2.24) is 5.16 Å². The molecule has 2 rings (SSSR count). The van der Waals surface area contributed by atoms with Crippen molar-refractivity contribution in [3.63, 3.8) is 0 Å². The lowest BCUT2D eigenvalue weighted by Gasteiger charge is -2.09. The Bertz CT molecular complexity index is 526. The van der Waals surface area contributed by atoms with Gasteiger partial charge >= 0.3 is 0 Å². The van der Waals surface area contributed by atoms with Gasteiger partial charge in [-0.05, 0) is 12.1 Å². The summed E-state index contributed by atoms with van der Waals surface area (Å²) in [5, 5.41) is 3.53. The zero-order chi connectivity index (χ0) is 12.4. The molecule has 2 N–H and O–H groups in total. The maximum Gasteiger partial charge on any atom is 0.263 e. The first-order valence-corrected chi connectivity index (χ1v) is 4.80. The molecule has 0 aliphatic heterocycles. The number of nitrogens with zero attached hydrogens (tertiary/aromatic N) is 1. The van der Waals surface area contributed by atoms with E-state index in [0.717, 1.165) is 0 Å². The van der Waals surface area contributed by atoms with E-state index in [1.54, 1.807) is 0 Å². The lowest BCUT2D eigenvalue weighted by atomic mass is 10.1. The minimum absolute atomic E-state index is 0.111. The van der Waals surface area contributed by atoms with Gasteiger partial charge in [0.1, 0.15) is 5.75 Å². The fraction of sp³-hybridized carbons (Fsp3) is 0.182. The second-order valence-corrected chi connectivity index (χ2v) is 3.36. The first-order valence-electron chi connectivity index (χ1n) is 4.80. The normalized spacial score (nSPS) is 10.8. The second-order valence-electron chi connectivity index (χ2n) is 3.36. The van der Waals surface area contributed by atoms with Crippen LogP contribution in [0.5, 0.6) is 5.75 Å². The Morgan fingerprint density at radius 2 is 2.12 bits per heavy atom. The third-order valence-electron chi connectivity index (χ3n) is 2.37. The van der Waals surface area contributed by atoms with Crippen LogP contribution in [-0.4, -0.2) is 12.3 Å². The zero-order valence-electron chi connectivity index (χ0n) is 8.98. The van der Waals surface area contributed by atoms with Gasteiger partial charge in [-0.15, -0.1) is 0 Å². The number of alkyl halides is 2. The molecule has 90 valence electrons. The smallest absolute Gasteiger partial charge is 0.263 e. The fourth-order valence-corrected chi connectivity index (χ4v) is 1.52. The van der Waals surface area contributed by atoms with E-state index in [2.05, 4.69) is 5.16 Å². The van der Waals surface area contributed by atoms with Gasteiger partial charge < -0.3 is 15.0 Å².